The molecule has 42 heavy (non-hydrogen) atoms. The molecule has 6 rings (SSSR count). The molecular formula is C41H39N. The van der Waals surface area contributed by atoms with Gasteiger partial charge in [0.05, 0.1) is 0 Å². The quantitative estimate of drug-likeness (QED) is 0.209. The van der Waals surface area contributed by atoms with Crippen molar-refractivity contribution in [2.45, 2.75) is 46.0 Å². The molecular weight excluding hydrogens is 506 g/mol. The molecule has 1 heteroatoms. The van der Waals surface area contributed by atoms with E-state index in [1.807, 2.05) is 13.0 Å². The molecule has 0 bridgehead atoms. The zero-order valence-corrected chi connectivity index (χ0v) is 25.2. The third-order valence-corrected chi connectivity index (χ3v) is 8.63. The summed E-state index contributed by atoms with van der Waals surface area (Å²) in [6, 6.07) is 31.8. The van der Waals surface area contributed by atoms with Gasteiger partial charge in [0, 0.05) is 22.5 Å². The summed E-state index contributed by atoms with van der Waals surface area (Å²) < 4.78 is 0. The summed E-state index contributed by atoms with van der Waals surface area (Å²) in [4.78, 5) is 2.38. The van der Waals surface area contributed by atoms with E-state index >= 15 is 0 Å². The Balaban J connectivity index is 1.46. The maximum atomic E-state index is 3.91. The maximum Gasteiger partial charge on any atom is 0.0465 e. The number of nitrogens with zero attached hydrogens (tertiary/aromatic N) is 1. The summed E-state index contributed by atoms with van der Waals surface area (Å²) in [7, 11) is 0. The zero-order valence-electron chi connectivity index (χ0n) is 25.2. The van der Waals surface area contributed by atoms with Crippen molar-refractivity contribution < 1.29 is 0 Å². The van der Waals surface area contributed by atoms with Crippen LogP contribution in [0.2, 0.25) is 0 Å². The fourth-order valence-corrected chi connectivity index (χ4v) is 6.41. The second-order valence-electron chi connectivity index (χ2n) is 11.8. The maximum absolute atomic E-state index is 3.91. The minimum atomic E-state index is -0.0667. The largest absolute Gasteiger partial charge is 0.310 e. The van der Waals surface area contributed by atoms with Gasteiger partial charge in [0.2, 0.25) is 0 Å². The van der Waals surface area contributed by atoms with Gasteiger partial charge in [-0.25, -0.2) is 0 Å². The molecule has 0 spiro atoms. The Labute approximate surface area is 251 Å². The molecule has 0 atom stereocenters. The average molecular weight is 546 g/mol. The summed E-state index contributed by atoms with van der Waals surface area (Å²) in [5.74, 6) is 0. The van der Waals surface area contributed by atoms with Crippen molar-refractivity contribution in [2.75, 3.05) is 4.90 Å². The number of benzene rings is 4. The van der Waals surface area contributed by atoms with Gasteiger partial charge in [0.1, 0.15) is 0 Å². The van der Waals surface area contributed by atoms with E-state index in [1.54, 1.807) is 0 Å². The van der Waals surface area contributed by atoms with Gasteiger partial charge in [0.15, 0.2) is 0 Å². The molecule has 0 saturated carbocycles. The number of rotatable bonds is 7. The fourth-order valence-electron chi connectivity index (χ4n) is 6.41. The highest BCUT2D eigenvalue weighted by molar-refractivity contribution is 5.87. The van der Waals surface area contributed by atoms with E-state index < -0.39 is 0 Å². The SMILES string of the molecule is C=C/C=C(\C=C/C)c1ccc(N(c2ccc(C3=CCCC=C3)cc2)c2ccc3c(c2)C(C)(C)c2cc(C)ccc2-3)cc1. The van der Waals surface area contributed by atoms with Crippen LogP contribution in [0, 0.1) is 6.92 Å². The molecule has 0 fully saturated rings. The second-order valence-corrected chi connectivity index (χ2v) is 11.8. The van der Waals surface area contributed by atoms with E-state index in [9.17, 15) is 0 Å². The fraction of sp³-hybridized carbons (Fsp3) is 0.171. The van der Waals surface area contributed by atoms with Crippen LogP contribution in [-0.2, 0) is 5.41 Å². The Morgan fingerprint density at radius 1 is 0.786 bits per heavy atom. The highest BCUT2D eigenvalue weighted by Crippen LogP contribution is 2.51. The molecule has 0 aliphatic heterocycles. The van der Waals surface area contributed by atoms with Gasteiger partial charge < -0.3 is 4.90 Å². The molecule has 0 amide bonds. The Hall–Kier alpha value is -4.62. The molecule has 4 aromatic rings. The van der Waals surface area contributed by atoms with Crippen LogP contribution in [-0.4, -0.2) is 0 Å². The lowest BCUT2D eigenvalue weighted by atomic mass is 9.82. The summed E-state index contributed by atoms with van der Waals surface area (Å²) in [5, 5.41) is 0. The first-order valence-electron chi connectivity index (χ1n) is 15.0. The number of hydrogen-bond donors (Lipinski definition) is 0. The van der Waals surface area contributed by atoms with Crippen LogP contribution >= 0.6 is 0 Å². The van der Waals surface area contributed by atoms with E-state index in [0.29, 0.717) is 0 Å². The van der Waals surface area contributed by atoms with Crippen LogP contribution < -0.4 is 4.90 Å². The number of fused-ring (bicyclic) bond motifs is 3. The van der Waals surface area contributed by atoms with Crippen LogP contribution in [0.25, 0.3) is 22.3 Å². The van der Waals surface area contributed by atoms with Crippen molar-refractivity contribution >= 4 is 28.2 Å². The third kappa shape index (κ3) is 5.01. The van der Waals surface area contributed by atoms with Crippen LogP contribution in [0.1, 0.15) is 61.4 Å². The van der Waals surface area contributed by atoms with Gasteiger partial charge in [-0.05, 0) is 108 Å². The van der Waals surface area contributed by atoms with Gasteiger partial charge >= 0.3 is 0 Å². The van der Waals surface area contributed by atoms with Crippen molar-refractivity contribution in [3.05, 3.63) is 162 Å². The van der Waals surface area contributed by atoms with Gasteiger partial charge in [-0.2, -0.15) is 0 Å². The molecule has 0 N–H and O–H groups in total. The lowest BCUT2D eigenvalue weighted by molar-refractivity contribution is 0.660. The Morgan fingerprint density at radius 2 is 1.43 bits per heavy atom. The molecule has 0 unspecified atom stereocenters. The number of allylic oxidation sites excluding steroid dienone is 9. The zero-order chi connectivity index (χ0) is 29.3. The van der Waals surface area contributed by atoms with Crippen LogP contribution in [0.15, 0.2) is 134 Å². The van der Waals surface area contributed by atoms with E-state index in [0.717, 1.165) is 29.8 Å². The smallest absolute Gasteiger partial charge is 0.0465 e. The van der Waals surface area contributed by atoms with Gasteiger partial charge in [0.25, 0.3) is 0 Å². The standard InChI is InChI=1S/C41H39N/c1-6-11-30(12-7-2)32-16-20-34(21-17-32)42(35-22-18-33(19-23-35)31-13-9-8-10-14-31)36-24-26-38-37-25-15-29(3)27-39(37)41(4,5)40(38)28-36/h6-7,9,11-28H,1,8,10H2,2-5H3/b12-7-,30-11+. The molecule has 2 aliphatic carbocycles. The molecule has 1 nitrogen and oxygen atoms in total. The summed E-state index contributed by atoms with van der Waals surface area (Å²) >= 11 is 0. The molecule has 4 aromatic carbocycles. The van der Waals surface area contributed by atoms with Crippen molar-refractivity contribution in [3.8, 4) is 11.1 Å². The molecule has 2 aliphatic rings. The minimum absolute atomic E-state index is 0.0667. The van der Waals surface area contributed by atoms with Gasteiger partial charge in [-0.3, -0.25) is 0 Å². The predicted octanol–water partition coefficient (Wildman–Crippen LogP) is 11.7. The Morgan fingerprint density at radius 3 is 2.07 bits per heavy atom. The van der Waals surface area contributed by atoms with Gasteiger partial charge in [-0.15, -0.1) is 0 Å². The van der Waals surface area contributed by atoms with Crippen LogP contribution in [0.3, 0.4) is 0 Å². The molecule has 0 saturated heterocycles. The summed E-state index contributed by atoms with van der Waals surface area (Å²) in [6.45, 7) is 12.9. The molecule has 0 aromatic heterocycles. The first kappa shape index (κ1) is 27.5. The Kier molecular flexibility index (Phi) is 7.43. The monoisotopic (exact) mass is 545 g/mol. The second kappa shape index (κ2) is 11.3. The third-order valence-electron chi connectivity index (χ3n) is 8.63. The Bertz CT molecular complexity index is 1760. The normalized spacial score (nSPS) is 15.3. The highest BCUT2D eigenvalue weighted by Gasteiger charge is 2.36. The van der Waals surface area contributed by atoms with Crippen LogP contribution in [0.4, 0.5) is 17.1 Å². The average Bonchev–Trinajstić information content (AvgIpc) is 3.23. The number of anilines is 3. The topological polar surface area (TPSA) is 3.24 Å². The summed E-state index contributed by atoms with van der Waals surface area (Å²) in [6.07, 6.45) is 17.2. The van der Waals surface area contributed by atoms with Crippen molar-refractivity contribution in [2.24, 2.45) is 0 Å². The number of hydrogen-bond acceptors (Lipinski definition) is 1. The van der Waals surface area contributed by atoms with E-state index in [1.165, 1.54) is 50.2 Å². The lowest BCUT2D eigenvalue weighted by Crippen LogP contribution is -2.16. The number of aryl methyl sites for hydroxylation is 1. The van der Waals surface area contributed by atoms with Crippen molar-refractivity contribution in [1.82, 2.24) is 0 Å². The minimum Gasteiger partial charge on any atom is -0.310 e. The van der Waals surface area contributed by atoms with Crippen molar-refractivity contribution in [3.63, 3.8) is 0 Å². The predicted molar refractivity (Wildman–Crippen MR) is 183 cm³/mol. The van der Waals surface area contributed by atoms with E-state index in [4.69, 9.17) is 0 Å². The van der Waals surface area contributed by atoms with E-state index in [2.05, 4.69) is 154 Å². The van der Waals surface area contributed by atoms with E-state index in [-0.39, 0.29) is 5.41 Å². The molecule has 208 valence electrons. The van der Waals surface area contributed by atoms with Gasteiger partial charge in [-0.1, -0.05) is 117 Å². The molecule has 0 radical (unpaired) electrons. The molecule has 0 heterocycles. The first-order chi connectivity index (χ1) is 20.4. The first-order valence-corrected chi connectivity index (χ1v) is 15.0. The van der Waals surface area contributed by atoms with Crippen LogP contribution in [0.5, 0.6) is 0 Å². The summed E-state index contributed by atoms with van der Waals surface area (Å²) in [5.41, 5.74) is 15.0. The van der Waals surface area contributed by atoms with Crippen molar-refractivity contribution in [1.29, 1.82) is 0 Å². The highest BCUT2D eigenvalue weighted by atomic mass is 15.1. The lowest BCUT2D eigenvalue weighted by Gasteiger charge is -2.28.